The molecule has 1 aromatic carbocycles. The second-order valence-corrected chi connectivity index (χ2v) is 5.81. The van der Waals surface area contributed by atoms with Gasteiger partial charge >= 0.3 is 5.97 Å². The van der Waals surface area contributed by atoms with E-state index < -0.39 is 11.5 Å². The summed E-state index contributed by atoms with van der Waals surface area (Å²) in [6, 6.07) is 11.2. The molecule has 0 aliphatic rings. The zero-order valence-corrected chi connectivity index (χ0v) is 12.3. The lowest BCUT2D eigenvalue weighted by Gasteiger charge is -2.35. The van der Waals surface area contributed by atoms with Gasteiger partial charge in [0.1, 0.15) is 12.4 Å². The minimum Gasteiger partial charge on any atom is -0.480 e. The lowest BCUT2D eigenvalue weighted by Crippen LogP contribution is -2.45. The largest absolute Gasteiger partial charge is 0.480 e. The molecule has 1 N–H and O–H groups in total. The number of carbonyl (C=O) groups is 1. The molecule has 108 valence electrons. The number of hydrogen-bond donors (Lipinski definition) is 1. The number of nitrogens with zero attached hydrogens (tertiary/aromatic N) is 3. The number of aromatic nitrogens is 1. The van der Waals surface area contributed by atoms with Crippen LogP contribution in [0.1, 0.15) is 26.3 Å². The number of anilines is 1. The molecule has 0 unspecified atom stereocenters. The van der Waals surface area contributed by atoms with Gasteiger partial charge in [0.05, 0.1) is 17.1 Å². The first kappa shape index (κ1) is 14.8. The zero-order valence-electron chi connectivity index (χ0n) is 12.3. The Bertz CT molecular complexity index is 726. The Hall–Kier alpha value is -2.61. The Labute approximate surface area is 123 Å². The van der Waals surface area contributed by atoms with Gasteiger partial charge in [-0.05, 0) is 32.9 Å². The summed E-state index contributed by atoms with van der Waals surface area (Å²) in [7, 11) is 0. The first-order valence-corrected chi connectivity index (χ1v) is 6.62. The van der Waals surface area contributed by atoms with E-state index in [-0.39, 0.29) is 6.54 Å². The summed E-state index contributed by atoms with van der Waals surface area (Å²) in [6.07, 6.45) is 0. The smallest absolute Gasteiger partial charge is 0.323 e. The van der Waals surface area contributed by atoms with Gasteiger partial charge in [-0.2, -0.15) is 5.26 Å². The van der Waals surface area contributed by atoms with Crippen LogP contribution in [0.25, 0.3) is 10.9 Å². The van der Waals surface area contributed by atoms with Crippen LogP contribution in [0.4, 0.5) is 5.82 Å². The number of carboxylic acid groups (broad SMARTS) is 1. The second kappa shape index (κ2) is 5.41. The van der Waals surface area contributed by atoms with E-state index in [0.29, 0.717) is 16.9 Å². The van der Waals surface area contributed by atoms with Crippen molar-refractivity contribution in [1.82, 2.24) is 4.98 Å². The number of rotatable bonds is 3. The fourth-order valence-corrected chi connectivity index (χ4v) is 2.19. The second-order valence-electron chi connectivity index (χ2n) is 5.81. The van der Waals surface area contributed by atoms with Gasteiger partial charge in [0.2, 0.25) is 0 Å². The SMILES string of the molecule is CC(C)(C)N(CC(=O)O)c1cc(C#N)c2ccccc2n1. The fraction of sp³-hybridized carbons (Fsp3) is 0.312. The minimum atomic E-state index is -0.932. The topological polar surface area (TPSA) is 77.2 Å². The van der Waals surface area contributed by atoms with Gasteiger partial charge in [0.25, 0.3) is 0 Å². The summed E-state index contributed by atoms with van der Waals surface area (Å²) in [4.78, 5) is 17.3. The normalized spacial score (nSPS) is 11.1. The number of nitriles is 1. The van der Waals surface area contributed by atoms with E-state index in [1.54, 1.807) is 11.0 Å². The summed E-state index contributed by atoms with van der Waals surface area (Å²) in [6.45, 7) is 5.58. The van der Waals surface area contributed by atoms with Crippen molar-refractivity contribution < 1.29 is 9.90 Å². The Morgan fingerprint density at radius 3 is 2.62 bits per heavy atom. The van der Waals surface area contributed by atoms with Gasteiger partial charge in [0, 0.05) is 10.9 Å². The van der Waals surface area contributed by atoms with Crippen molar-refractivity contribution in [2.75, 3.05) is 11.4 Å². The highest BCUT2D eigenvalue weighted by molar-refractivity contribution is 5.87. The maximum absolute atomic E-state index is 11.1. The Balaban J connectivity index is 2.64. The summed E-state index contributed by atoms with van der Waals surface area (Å²) in [5, 5.41) is 19.2. The molecule has 1 heterocycles. The summed E-state index contributed by atoms with van der Waals surface area (Å²) < 4.78 is 0. The molecule has 0 bridgehead atoms. The first-order valence-electron chi connectivity index (χ1n) is 6.62. The predicted octanol–water partition coefficient (Wildman–Crippen LogP) is 2.80. The molecule has 0 atom stereocenters. The minimum absolute atomic E-state index is 0.167. The molecule has 0 spiro atoms. The van der Waals surface area contributed by atoms with Crippen LogP contribution < -0.4 is 4.90 Å². The molecule has 0 aliphatic heterocycles. The first-order chi connectivity index (χ1) is 9.82. The molecule has 21 heavy (non-hydrogen) atoms. The van der Waals surface area contributed by atoms with Crippen molar-refractivity contribution in [2.45, 2.75) is 26.3 Å². The number of carboxylic acids is 1. The lowest BCUT2D eigenvalue weighted by atomic mass is 10.0. The zero-order chi connectivity index (χ0) is 15.6. The van der Waals surface area contributed by atoms with Crippen molar-refractivity contribution in [3.05, 3.63) is 35.9 Å². The van der Waals surface area contributed by atoms with Crippen LogP contribution in [0.3, 0.4) is 0 Å². The van der Waals surface area contributed by atoms with Crippen LogP contribution >= 0.6 is 0 Å². The van der Waals surface area contributed by atoms with Crippen LogP contribution in [0.15, 0.2) is 30.3 Å². The molecular formula is C16H17N3O2. The molecule has 5 heteroatoms. The van der Waals surface area contributed by atoms with Gasteiger partial charge < -0.3 is 10.0 Å². The Morgan fingerprint density at radius 1 is 1.38 bits per heavy atom. The van der Waals surface area contributed by atoms with Crippen LogP contribution in [0.5, 0.6) is 0 Å². The van der Waals surface area contributed by atoms with Crippen molar-refractivity contribution in [2.24, 2.45) is 0 Å². The van der Waals surface area contributed by atoms with Gasteiger partial charge in [-0.1, -0.05) is 18.2 Å². The summed E-state index contributed by atoms with van der Waals surface area (Å²) >= 11 is 0. The van der Waals surface area contributed by atoms with E-state index in [4.69, 9.17) is 5.11 Å². The molecule has 0 saturated heterocycles. The highest BCUT2D eigenvalue weighted by Crippen LogP contribution is 2.26. The molecule has 0 saturated carbocycles. The summed E-state index contributed by atoms with van der Waals surface area (Å²) in [5.74, 6) is -0.432. The van der Waals surface area contributed by atoms with Gasteiger partial charge in [-0.3, -0.25) is 4.79 Å². The third-order valence-corrected chi connectivity index (χ3v) is 3.20. The van der Waals surface area contributed by atoms with Crippen molar-refractivity contribution in [1.29, 1.82) is 5.26 Å². The lowest BCUT2D eigenvalue weighted by molar-refractivity contribution is -0.135. The van der Waals surface area contributed by atoms with Crippen molar-refractivity contribution in [3.8, 4) is 6.07 Å². The molecule has 1 aromatic heterocycles. The van der Waals surface area contributed by atoms with E-state index in [1.165, 1.54) is 0 Å². The summed E-state index contributed by atoms with van der Waals surface area (Å²) in [5.41, 5.74) is 0.766. The maximum Gasteiger partial charge on any atom is 0.323 e. The van der Waals surface area contributed by atoms with Crippen LogP contribution in [-0.2, 0) is 4.79 Å². The number of pyridine rings is 1. The van der Waals surface area contributed by atoms with Gasteiger partial charge in [-0.15, -0.1) is 0 Å². The molecule has 2 rings (SSSR count). The maximum atomic E-state index is 11.1. The monoisotopic (exact) mass is 283 g/mol. The number of fused-ring (bicyclic) bond motifs is 1. The number of aliphatic carboxylic acids is 1. The number of para-hydroxylation sites is 1. The molecular weight excluding hydrogens is 266 g/mol. The van der Waals surface area contributed by atoms with E-state index in [9.17, 15) is 10.1 Å². The molecule has 2 aromatic rings. The highest BCUT2D eigenvalue weighted by Gasteiger charge is 2.25. The van der Waals surface area contributed by atoms with Crippen LogP contribution in [0, 0.1) is 11.3 Å². The van der Waals surface area contributed by atoms with E-state index >= 15 is 0 Å². The average Bonchev–Trinajstić information content (AvgIpc) is 2.42. The van der Waals surface area contributed by atoms with Crippen LogP contribution in [-0.4, -0.2) is 28.1 Å². The highest BCUT2D eigenvalue weighted by atomic mass is 16.4. The van der Waals surface area contributed by atoms with Crippen molar-refractivity contribution in [3.63, 3.8) is 0 Å². The predicted molar refractivity (Wildman–Crippen MR) is 81.2 cm³/mol. The third-order valence-electron chi connectivity index (χ3n) is 3.20. The van der Waals surface area contributed by atoms with Gasteiger partial charge in [-0.25, -0.2) is 4.98 Å². The molecule has 0 aliphatic carbocycles. The number of hydrogen-bond acceptors (Lipinski definition) is 4. The number of benzene rings is 1. The van der Waals surface area contributed by atoms with E-state index in [1.807, 2.05) is 45.0 Å². The standard InChI is InChI=1S/C16H17N3O2/c1-16(2,3)19(10-15(20)21)14-8-11(9-17)12-6-4-5-7-13(12)18-14/h4-8H,10H2,1-3H3,(H,20,21). The van der Waals surface area contributed by atoms with Crippen LogP contribution in [0.2, 0.25) is 0 Å². The average molecular weight is 283 g/mol. The van der Waals surface area contributed by atoms with E-state index in [0.717, 1.165) is 5.39 Å². The molecule has 0 fully saturated rings. The Kier molecular flexibility index (Phi) is 3.81. The molecule has 0 radical (unpaired) electrons. The van der Waals surface area contributed by atoms with Crippen molar-refractivity contribution >= 4 is 22.7 Å². The third kappa shape index (κ3) is 3.11. The Morgan fingerprint density at radius 2 is 2.05 bits per heavy atom. The van der Waals surface area contributed by atoms with Gasteiger partial charge in [0.15, 0.2) is 0 Å². The van der Waals surface area contributed by atoms with E-state index in [2.05, 4.69) is 11.1 Å². The molecule has 0 amide bonds. The fourth-order valence-electron chi connectivity index (χ4n) is 2.19. The molecule has 5 nitrogen and oxygen atoms in total. The quantitative estimate of drug-likeness (QED) is 0.937.